The molecule has 2 aromatic rings. The molecule has 0 saturated carbocycles. The Morgan fingerprint density at radius 2 is 2.35 bits per heavy atom. The van der Waals surface area contributed by atoms with Crippen molar-refractivity contribution in [3.8, 4) is 0 Å². The third-order valence-corrected chi connectivity index (χ3v) is 5.59. The molecule has 2 heterocycles. The molecule has 3 rings (SSSR count). The molecule has 7 heteroatoms. The van der Waals surface area contributed by atoms with Crippen molar-refractivity contribution >= 4 is 29.9 Å². The van der Waals surface area contributed by atoms with Crippen molar-refractivity contribution < 1.29 is 4.79 Å². The van der Waals surface area contributed by atoms with Crippen molar-refractivity contribution in [3.05, 3.63) is 46.0 Å². The smallest absolute Gasteiger partial charge is 0.237 e. The van der Waals surface area contributed by atoms with E-state index in [9.17, 15) is 4.79 Å². The Kier molecular flexibility index (Phi) is 5.17. The van der Waals surface area contributed by atoms with Crippen LogP contribution in [0.1, 0.15) is 29.1 Å². The van der Waals surface area contributed by atoms with E-state index in [1.807, 2.05) is 23.6 Å². The minimum atomic E-state index is -0.105. The van der Waals surface area contributed by atoms with Crippen LogP contribution in [-0.2, 0) is 24.2 Å². The molecule has 1 aliphatic heterocycles. The molecule has 1 aromatic carbocycles. The van der Waals surface area contributed by atoms with Crippen LogP contribution in [-0.4, -0.2) is 33.0 Å². The maximum Gasteiger partial charge on any atom is 0.237 e. The Hall–Kier alpha value is -1.60. The van der Waals surface area contributed by atoms with Crippen LogP contribution in [0.4, 0.5) is 0 Å². The Morgan fingerprint density at radius 3 is 3.17 bits per heavy atom. The number of aryl methyl sites for hydroxylation is 1. The van der Waals surface area contributed by atoms with Gasteiger partial charge in [0.05, 0.1) is 0 Å². The fourth-order valence-corrected chi connectivity index (χ4v) is 4.37. The van der Waals surface area contributed by atoms with Crippen LogP contribution >= 0.6 is 24.0 Å². The number of amides is 1. The lowest BCUT2D eigenvalue weighted by Gasteiger charge is -2.24. The van der Waals surface area contributed by atoms with Crippen LogP contribution in [0.3, 0.4) is 0 Å². The molecular weight excluding hydrogens is 328 g/mol. The number of nitrogens with one attached hydrogen (secondary N) is 2. The molecule has 0 fully saturated rings. The van der Waals surface area contributed by atoms with E-state index >= 15 is 0 Å². The molecule has 5 nitrogen and oxygen atoms in total. The molecule has 122 valence electrons. The fraction of sp³-hybridized carbons (Fsp3) is 0.438. The number of aromatic nitrogens is 3. The van der Waals surface area contributed by atoms with E-state index < -0.39 is 0 Å². The van der Waals surface area contributed by atoms with E-state index in [2.05, 4.69) is 27.6 Å². The molecule has 0 saturated heterocycles. The molecule has 0 bridgehead atoms. The van der Waals surface area contributed by atoms with E-state index in [0.717, 1.165) is 30.1 Å². The van der Waals surface area contributed by atoms with Crippen molar-refractivity contribution in [2.24, 2.45) is 0 Å². The SMILES string of the molecule is CCn1c(CCNC(=O)[C@@H]2SCCc3ccccc32)n[nH]c1=S. The van der Waals surface area contributed by atoms with Gasteiger partial charge in [0.15, 0.2) is 4.77 Å². The van der Waals surface area contributed by atoms with Crippen LogP contribution in [0.2, 0.25) is 0 Å². The van der Waals surface area contributed by atoms with E-state index in [1.165, 1.54) is 5.56 Å². The van der Waals surface area contributed by atoms with Gasteiger partial charge < -0.3 is 9.88 Å². The van der Waals surface area contributed by atoms with Crippen LogP contribution in [0.15, 0.2) is 24.3 Å². The highest BCUT2D eigenvalue weighted by atomic mass is 32.2. The van der Waals surface area contributed by atoms with Crippen molar-refractivity contribution in [3.63, 3.8) is 0 Å². The minimum Gasteiger partial charge on any atom is -0.354 e. The highest BCUT2D eigenvalue weighted by Crippen LogP contribution is 2.36. The Balaban J connectivity index is 1.61. The number of rotatable bonds is 5. The maximum atomic E-state index is 12.5. The summed E-state index contributed by atoms with van der Waals surface area (Å²) in [6, 6.07) is 8.23. The average molecular weight is 348 g/mol. The number of carbonyl (C=O) groups excluding carboxylic acids is 1. The van der Waals surface area contributed by atoms with Gasteiger partial charge in [-0.25, -0.2) is 0 Å². The van der Waals surface area contributed by atoms with E-state index in [4.69, 9.17) is 12.2 Å². The molecule has 1 aliphatic rings. The second kappa shape index (κ2) is 7.31. The third kappa shape index (κ3) is 3.50. The Bertz CT molecular complexity index is 753. The van der Waals surface area contributed by atoms with Crippen LogP contribution < -0.4 is 5.32 Å². The van der Waals surface area contributed by atoms with E-state index in [0.29, 0.717) is 17.7 Å². The van der Waals surface area contributed by atoms with Gasteiger partial charge in [0.25, 0.3) is 0 Å². The van der Waals surface area contributed by atoms with Crippen molar-refractivity contribution in [1.29, 1.82) is 0 Å². The standard InChI is InChI=1S/C16H20N4OS2/c1-2-20-13(18-19-16(20)22)7-9-17-15(21)14-12-6-4-3-5-11(12)8-10-23-14/h3-6,14H,2,7-10H2,1H3,(H,17,21)(H,19,22)/t14-/m1/s1. The molecule has 0 radical (unpaired) electrons. The van der Waals surface area contributed by atoms with Gasteiger partial charge in [-0.3, -0.25) is 9.89 Å². The fourth-order valence-electron chi connectivity index (χ4n) is 2.87. The lowest BCUT2D eigenvalue weighted by atomic mass is 10.0. The monoisotopic (exact) mass is 348 g/mol. The molecule has 0 spiro atoms. The first kappa shape index (κ1) is 16.3. The summed E-state index contributed by atoms with van der Waals surface area (Å²) in [6.07, 6.45) is 1.71. The summed E-state index contributed by atoms with van der Waals surface area (Å²) >= 11 is 6.89. The summed E-state index contributed by atoms with van der Waals surface area (Å²) in [5.74, 6) is 1.96. The largest absolute Gasteiger partial charge is 0.354 e. The lowest BCUT2D eigenvalue weighted by molar-refractivity contribution is -0.120. The average Bonchev–Trinajstić information content (AvgIpc) is 2.94. The lowest BCUT2D eigenvalue weighted by Crippen LogP contribution is -2.32. The summed E-state index contributed by atoms with van der Waals surface area (Å²) in [4.78, 5) is 12.5. The Morgan fingerprint density at radius 1 is 1.52 bits per heavy atom. The summed E-state index contributed by atoms with van der Waals surface area (Å²) in [5, 5.41) is 9.96. The summed E-state index contributed by atoms with van der Waals surface area (Å²) < 4.78 is 2.58. The Labute approximate surface area is 144 Å². The first-order valence-corrected chi connectivity index (χ1v) is 9.27. The maximum absolute atomic E-state index is 12.5. The van der Waals surface area contributed by atoms with E-state index in [-0.39, 0.29) is 11.2 Å². The minimum absolute atomic E-state index is 0.0827. The van der Waals surface area contributed by atoms with Gasteiger partial charge in [0.2, 0.25) is 5.91 Å². The number of hydrogen-bond acceptors (Lipinski definition) is 4. The number of hydrogen-bond donors (Lipinski definition) is 2. The number of nitrogens with zero attached hydrogens (tertiary/aromatic N) is 2. The second-order valence-corrected chi connectivity index (χ2v) is 7.03. The molecule has 1 amide bonds. The van der Waals surface area contributed by atoms with Crippen molar-refractivity contribution in [2.75, 3.05) is 12.3 Å². The number of benzene rings is 1. The van der Waals surface area contributed by atoms with Gasteiger partial charge in [-0.15, -0.1) is 11.8 Å². The number of aromatic amines is 1. The molecular formula is C16H20N4OS2. The summed E-state index contributed by atoms with van der Waals surface area (Å²) in [5.41, 5.74) is 2.44. The van der Waals surface area contributed by atoms with Crippen LogP contribution in [0.5, 0.6) is 0 Å². The highest BCUT2D eigenvalue weighted by Gasteiger charge is 2.26. The van der Waals surface area contributed by atoms with Gasteiger partial charge in [0, 0.05) is 19.5 Å². The molecule has 0 unspecified atom stereocenters. The number of carbonyl (C=O) groups is 1. The molecule has 1 aromatic heterocycles. The van der Waals surface area contributed by atoms with Crippen LogP contribution in [0.25, 0.3) is 0 Å². The quantitative estimate of drug-likeness (QED) is 0.816. The van der Waals surface area contributed by atoms with Gasteiger partial charge in [0.1, 0.15) is 11.1 Å². The molecule has 2 N–H and O–H groups in total. The molecule has 23 heavy (non-hydrogen) atoms. The predicted octanol–water partition coefficient (Wildman–Crippen LogP) is 2.65. The second-order valence-electron chi connectivity index (χ2n) is 5.43. The number of fused-ring (bicyclic) bond motifs is 1. The van der Waals surface area contributed by atoms with E-state index in [1.54, 1.807) is 11.8 Å². The zero-order valence-corrected chi connectivity index (χ0v) is 14.7. The van der Waals surface area contributed by atoms with Gasteiger partial charge in [-0.2, -0.15) is 5.10 Å². The van der Waals surface area contributed by atoms with Gasteiger partial charge in [-0.1, -0.05) is 24.3 Å². The number of H-pyrrole nitrogens is 1. The predicted molar refractivity (Wildman–Crippen MR) is 95.1 cm³/mol. The van der Waals surface area contributed by atoms with Gasteiger partial charge >= 0.3 is 0 Å². The van der Waals surface area contributed by atoms with Crippen molar-refractivity contribution in [2.45, 2.75) is 31.6 Å². The third-order valence-electron chi connectivity index (χ3n) is 4.03. The first-order chi connectivity index (χ1) is 11.2. The normalized spacial score (nSPS) is 16.8. The summed E-state index contributed by atoms with van der Waals surface area (Å²) in [7, 11) is 0. The first-order valence-electron chi connectivity index (χ1n) is 7.82. The summed E-state index contributed by atoms with van der Waals surface area (Å²) in [6.45, 7) is 3.38. The molecule has 0 aliphatic carbocycles. The zero-order chi connectivity index (χ0) is 16.2. The van der Waals surface area contributed by atoms with Gasteiger partial charge in [-0.05, 0) is 42.4 Å². The number of thioether (sulfide) groups is 1. The van der Waals surface area contributed by atoms with Crippen LogP contribution in [0, 0.1) is 4.77 Å². The topological polar surface area (TPSA) is 62.7 Å². The highest BCUT2D eigenvalue weighted by molar-refractivity contribution is 8.00. The molecule has 1 atom stereocenters. The van der Waals surface area contributed by atoms with Crippen molar-refractivity contribution in [1.82, 2.24) is 20.1 Å². The zero-order valence-electron chi connectivity index (χ0n) is 13.0.